The van der Waals surface area contributed by atoms with Gasteiger partial charge in [-0.2, -0.15) is 5.26 Å². The molecule has 2 aromatic carbocycles. The van der Waals surface area contributed by atoms with Crippen molar-refractivity contribution in [2.75, 3.05) is 33.3 Å². The highest BCUT2D eigenvalue weighted by molar-refractivity contribution is 5.98. The molecule has 2 rings (SSSR count). The van der Waals surface area contributed by atoms with Crippen LogP contribution in [-0.2, 0) is 4.79 Å². The molecule has 1 atom stereocenters. The predicted molar refractivity (Wildman–Crippen MR) is 117 cm³/mol. The van der Waals surface area contributed by atoms with Crippen molar-refractivity contribution in [3.05, 3.63) is 41.5 Å². The third-order valence-electron chi connectivity index (χ3n) is 4.33. The average molecular weight is 442 g/mol. The molecule has 0 spiro atoms. The summed E-state index contributed by atoms with van der Waals surface area (Å²) in [6.07, 6.45) is 0. The number of ether oxygens (including phenoxy) is 4. The predicted octanol–water partition coefficient (Wildman–Crippen LogP) is 2.57. The number of nitrogens with one attached hydrogen (secondary N) is 3. The molecule has 10 heteroatoms. The standard InChI is InChI=1S/C22H26N4O6/c1-6-32-18-11-15(24-13(2)27)7-8-16(18)22(28)26-25-17(12-23)14-9-19(29-3)21(31-5)20(10-14)30-4/h7-11,17,25H,6H2,1-5H3,(H,24,27)(H,26,28). The van der Waals surface area contributed by atoms with Crippen LogP contribution < -0.4 is 35.1 Å². The number of rotatable bonds is 10. The Morgan fingerprint density at radius 3 is 2.19 bits per heavy atom. The summed E-state index contributed by atoms with van der Waals surface area (Å²) in [5.41, 5.74) is 6.45. The summed E-state index contributed by atoms with van der Waals surface area (Å²) in [6, 6.07) is 9.05. The molecule has 0 aromatic heterocycles. The number of anilines is 1. The third kappa shape index (κ3) is 5.80. The Kier molecular flexibility index (Phi) is 8.68. The maximum atomic E-state index is 12.8. The first-order chi connectivity index (χ1) is 15.4. The lowest BCUT2D eigenvalue weighted by atomic mass is 10.1. The number of benzene rings is 2. The highest BCUT2D eigenvalue weighted by Crippen LogP contribution is 2.39. The van der Waals surface area contributed by atoms with Gasteiger partial charge in [0.1, 0.15) is 11.8 Å². The summed E-state index contributed by atoms with van der Waals surface area (Å²) in [4.78, 5) is 24.0. The second-order valence-electron chi connectivity index (χ2n) is 6.44. The number of nitrogens with zero attached hydrogens (tertiary/aromatic N) is 1. The van der Waals surface area contributed by atoms with Crippen LogP contribution in [-0.4, -0.2) is 39.8 Å². The summed E-state index contributed by atoms with van der Waals surface area (Å²) < 4.78 is 21.5. The molecule has 0 fully saturated rings. The number of hydrogen-bond donors (Lipinski definition) is 3. The minimum atomic E-state index is -0.915. The van der Waals surface area contributed by atoms with Gasteiger partial charge in [-0.25, -0.2) is 5.43 Å². The van der Waals surface area contributed by atoms with Crippen LogP contribution in [0, 0.1) is 11.3 Å². The zero-order valence-corrected chi connectivity index (χ0v) is 18.6. The second-order valence-corrected chi connectivity index (χ2v) is 6.44. The minimum Gasteiger partial charge on any atom is -0.493 e. The molecule has 2 aromatic rings. The van der Waals surface area contributed by atoms with E-state index in [1.165, 1.54) is 34.3 Å². The van der Waals surface area contributed by atoms with Crippen LogP contribution >= 0.6 is 0 Å². The lowest BCUT2D eigenvalue weighted by Crippen LogP contribution is -2.39. The largest absolute Gasteiger partial charge is 0.493 e. The van der Waals surface area contributed by atoms with Crippen molar-refractivity contribution in [2.45, 2.75) is 19.9 Å². The first-order valence-electron chi connectivity index (χ1n) is 9.68. The van der Waals surface area contributed by atoms with Crippen LogP contribution in [0.4, 0.5) is 5.69 Å². The van der Waals surface area contributed by atoms with Gasteiger partial charge in [0.05, 0.1) is 39.6 Å². The summed E-state index contributed by atoms with van der Waals surface area (Å²) in [7, 11) is 4.42. The highest BCUT2D eigenvalue weighted by atomic mass is 16.5. The van der Waals surface area contributed by atoms with Crippen molar-refractivity contribution in [1.29, 1.82) is 5.26 Å². The van der Waals surface area contributed by atoms with Crippen molar-refractivity contribution in [1.82, 2.24) is 10.9 Å². The van der Waals surface area contributed by atoms with E-state index in [4.69, 9.17) is 18.9 Å². The molecule has 0 saturated heterocycles. The van der Waals surface area contributed by atoms with Crippen LogP contribution in [0.2, 0.25) is 0 Å². The molecular weight excluding hydrogens is 416 g/mol. The molecule has 170 valence electrons. The van der Waals surface area contributed by atoms with Crippen molar-refractivity contribution >= 4 is 17.5 Å². The zero-order valence-electron chi connectivity index (χ0n) is 18.6. The van der Waals surface area contributed by atoms with Crippen molar-refractivity contribution in [3.63, 3.8) is 0 Å². The van der Waals surface area contributed by atoms with Gasteiger partial charge in [-0.15, -0.1) is 0 Å². The van der Waals surface area contributed by atoms with E-state index in [9.17, 15) is 14.9 Å². The Labute approximate surface area is 186 Å². The second kappa shape index (κ2) is 11.4. The number of hydrogen-bond acceptors (Lipinski definition) is 8. The Bertz CT molecular complexity index is 993. The summed E-state index contributed by atoms with van der Waals surface area (Å²) in [6.45, 7) is 3.49. The van der Waals surface area contributed by atoms with Crippen molar-refractivity contribution < 1.29 is 28.5 Å². The fraction of sp³-hybridized carbons (Fsp3) is 0.318. The highest BCUT2D eigenvalue weighted by Gasteiger charge is 2.20. The molecule has 0 aliphatic heterocycles. The first kappa shape index (κ1) is 24.3. The Hall–Kier alpha value is -3.97. The van der Waals surface area contributed by atoms with Crippen LogP contribution in [0.5, 0.6) is 23.0 Å². The lowest BCUT2D eigenvalue weighted by molar-refractivity contribution is -0.114. The molecule has 1 unspecified atom stereocenters. The quantitative estimate of drug-likeness (QED) is 0.479. The number of methoxy groups -OCH3 is 3. The molecule has 0 aliphatic carbocycles. The van der Waals surface area contributed by atoms with Gasteiger partial charge in [-0.1, -0.05) is 0 Å². The van der Waals surface area contributed by atoms with Crippen molar-refractivity contribution in [3.8, 4) is 29.1 Å². The number of amides is 2. The van der Waals surface area contributed by atoms with Crippen LogP contribution in [0.15, 0.2) is 30.3 Å². The van der Waals surface area contributed by atoms with Gasteiger partial charge in [0, 0.05) is 18.7 Å². The van der Waals surface area contributed by atoms with E-state index < -0.39 is 11.9 Å². The third-order valence-corrected chi connectivity index (χ3v) is 4.33. The topological polar surface area (TPSA) is 131 Å². The Morgan fingerprint density at radius 2 is 1.69 bits per heavy atom. The normalized spacial score (nSPS) is 11.0. The minimum absolute atomic E-state index is 0.232. The Morgan fingerprint density at radius 1 is 1.03 bits per heavy atom. The molecule has 3 N–H and O–H groups in total. The van der Waals surface area contributed by atoms with Gasteiger partial charge in [-0.05, 0) is 36.8 Å². The van der Waals surface area contributed by atoms with E-state index in [1.807, 2.05) is 0 Å². The van der Waals surface area contributed by atoms with E-state index in [1.54, 1.807) is 31.2 Å². The molecule has 32 heavy (non-hydrogen) atoms. The average Bonchev–Trinajstić information content (AvgIpc) is 2.78. The number of carbonyl (C=O) groups excluding carboxylic acids is 2. The van der Waals surface area contributed by atoms with Gasteiger partial charge in [0.2, 0.25) is 11.7 Å². The molecule has 0 saturated carbocycles. The fourth-order valence-corrected chi connectivity index (χ4v) is 2.93. The van der Waals surface area contributed by atoms with E-state index in [0.29, 0.717) is 40.9 Å². The van der Waals surface area contributed by atoms with Crippen molar-refractivity contribution in [2.24, 2.45) is 0 Å². The molecule has 0 bridgehead atoms. The maximum Gasteiger partial charge on any atom is 0.269 e. The number of nitriles is 1. The van der Waals surface area contributed by atoms with E-state index >= 15 is 0 Å². The van der Waals surface area contributed by atoms with Gasteiger partial charge in [-0.3, -0.25) is 15.0 Å². The summed E-state index contributed by atoms with van der Waals surface area (Å²) in [5.74, 6) is 0.674. The van der Waals surface area contributed by atoms with Crippen LogP contribution in [0.3, 0.4) is 0 Å². The molecule has 2 amide bonds. The Balaban J connectivity index is 2.24. The summed E-state index contributed by atoms with van der Waals surface area (Å²) in [5, 5.41) is 12.3. The van der Waals surface area contributed by atoms with E-state index in [-0.39, 0.29) is 11.5 Å². The van der Waals surface area contributed by atoms with Gasteiger partial charge in [0.25, 0.3) is 5.91 Å². The molecule has 0 heterocycles. The summed E-state index contributed by atoms with van der Waals surface area (Å²) >= 11 is 0. The van der Waals surface area contributed by atoms with Gasteiger partial charge < -0.3 is 24.3 Å². The lowest BCUT2D eigenvalue weighted by Gasteiger charge is -2.18. The van der Waals surface area contributed by atoms with Crippen LogP contribution in [0.25, 0.3) is 0 Å². The SMILES string of the molecule is CCOc1cc(NC(C)=O)ccc1C(=O)NNC(C#N)c1cc(OC)c(OC)c(OC)c1. The zero-order chi connectivity index (χ0) is 23.7. The molecular formula is C22H26N4O6. The molecule has 0 aliphatic rings. The number of carbonyl (C=O) groups is 2. The van der Waals surface area contributed by atoms with E-state index in [2.05, 4.69) is 22.2 Å². The first-order valence-corrected chi connectivity index (χ1v) is 9.68. The monoisotopic (exact) mass is 442 g/mol. The maximum absolute atomic E-state index is 12.8. The fourth-order valence-electron chi connectivity index (χ4n) is 2.93. The molecule has 0 radical (unpaired) electrons. The molecule has 10 nitrogen and oxygen atoms in total. The number of hydrazine groups is 1. The van der Waals surface area contributed by atoms with Gasteiger partial charge in [0.15, 0.2) is 11.5 Å². The smallest absolute Gasteiger partial charge is 0.269 e. The van der Waals surface area contributed by atoms with E-state index in [0.717, 1.165) is 0 Å². The van der Waals surface area contributed by atoms with Crippen LogP contribution in [0.1, 0.15) is 35.8 Å². The van der Waals surface area contributed by atoms with Gasteiger partial charge >= 0.3 is 0 Å².